The molecule has 0 aliphatic rings. The highest BCUT2D eigenvalue weighted by molar-refractivity contribution is 9.10. The van der Waals surface area contributed by atoms with Gasteiger partial charge in [0.2, 0.25) is 10.3 Å². The summed E-state index contributed by atoms with van der Waals surface area (Å²) in [7, 11) is 0. The second-order valence-electron chi connectivity index (χ2n) is 3.06. The van der Waals surface area contributed by atoms with Crippen molar-refractivity contribution in [1.29, 1.82) is 0 Å². The first-order chi connectivity index (χ1) is 8.04. The Balaban J connectivity index is 2.19. The molecule has 1 heterocycles. The van der Waals surface area contributed by atoms with Crippen LogP contribution in [0.2, 0.25) is 5.02 Å². The number of nitrogens with one attached hydrogen (secondary N) is 1. The average Bonchev–Trinajstić information content (AvgIpc) is 2.62. The summed E-state index contributed by atoms with van der Waals surface area (Å²) in [5.41, 5.74) is 5.84. The van der Waals surface area contributed by atoms with Crippen LogP contribution < -0.4 is 11.1 Å². The first-order valence-corrected chi connectivity index (χ1v) is 6.40. The lowest BCUT2D eigenvalue weighted by molar-refractivity contribution is 0.102. The van der Waals surface area contributed by atoms with Gasteiger partial charge in [0.1, 0.15) is 0 Å². The smallest absolute Gasteiger partial charge is 0.257 e. The minimum Gasteiger partial charge on any atom is -0.374 e. The largest absolute Gasteiger partial charge is 0.374 e. The van der Waals surface area contributed by atoms with E-state index < -0.39 is 0 Å². The highest BCUT2D eigenvalue weighted by Gasteiger charge is 2.10. The molecule has 0 aliphatic carbocycles. The fraction of sp³-hybridized carbons (Fsp3) is 0. The molecular formula is C9H6BrClN4OS. The molecule has 88 valence electrons. The van der Waals surface area contributed by atoms with Crippen LogP contribution in [-0.2, 0) is 0 Å². The number of nitrogen functional groups attached to an aromatic ring is 1. The Hall–Kier alpha value is -1.18. The first kappa shape index (κ1) is 12.3. The van der Waals surface area contributed by atoms with Crippen molar-refractivity contribution in [3.05, 3.63) is 33.3 Å². The molecule has 5 nitrogen and oxygen atoms in total. The predicted octanol–water partition coefficient (Wildman–Crippen LogP) is 2.79. The molecule has 0 saturated carbocycles. The maximum atomic E-state index is 11.8. The van der Waals surface area contributed by atoms with Gasteiger partial charge in [0, 0.05) is 15.1 Å². The molecule has 2 rings (SSSR count). The minimum absolute atomic E-state index is 0.299. The molecule has 0 fully saturated rings. The quantitative estimate of drug-likeness (QED) is 0.885. The van der Waals surface area contributed by atoms with Crippen LogP contribution in [0.3, 0.4) is 0 Å². The van der Waals surface area contributed by atoms with Crippen molar-refractivity contribution in [2.45, 2.75) is 0 Å². The fourth-order valence-electron chi connectivity index (χ4n) is 1.14. The summed E-state index contributed by atoms with van der Waals surface area (Å²) < 4.78 is 0.729. The fourth-order valence-corrected chi connectivity index (χ4v) is 2.50. The lowest BCUT2D eigenvalue weighted by atomic mass is 10.2. The summed E-state index contributed by atoms with van der Waals surface area (Å²) in [6.45, 7) is 0. The van der Waals surface area contributed by atoms with Crippen molar-refractivity contribution in [2.75, 3.05) is 11.1 Å². The van der Waals surface area contributed by atoms with Gasteiger partial charge in [0.15, 0.2) is 0 Å². The predicted molar refractivity (Wildman–Crippen MR) is 71.4 cm³/mol. The number of amides is 1. The van der Waals surface area contributed by atoms with E-state index in [-0.39, 0.29) is 5.91 Å². The zero-order valence-electron chi connectivity index (χ0n) is 8.28. The van der Waals surface area contributed by atoms with E-state index in [1.165, 1.54) is 0 Å². The molecule has 0 saturated heterocycles. The van der Waals surface area contributed by atoms with E-state index in [0.29, 0.717) is 20.8 Å². The molecule has 3 N–H and O–H groups in total. The van der Waals surface area contributed by atoms with E-state index in [4.69, 9.17) is 17.3 Å². The van der Waals surface area contributed by atoms with Gasteiger partial charge in [-0.05, 0) is 18.2 Å². The molecule has 17 heavy (non-hydrogen) atoms. The molecule has 0 unspecified atom stereocenters. The molecule has 0 atom stereocenters. The lowest BCUT2D eigenvalue weighted by Gasteiger charge is -2.02. The number of nitrogens with two attached hydrogens (primary N) is 1. The number of carbonyl (C=O) groups excluding carboxylic acids is 1. The van der Waals surface area contributed by atoms with Crippen LogP contribution in [0.1, 0.15) is 10.4 Å². The van der Waals surface area contributed by atoms with Gasteiger partial charge in [-0.25, -0.2) is 0 Å². The van der Waals surface area contributed by atoms with Crippen molar-refractivity contribution < 1.29 is 4.79 Å². The molecule has 1 aromatic carbocycles. The number of nitrogens with zero attached hydrogens (tertiary/aromatic N) is 2. The van der Waals surface area contributed by atoms with Crippen molar-refractivity contribution in [1.82, 2.24) is 10.2 Å². The van der Waals surface area contributed by atoms with Gasteiger partial charge in [0.05, 0.1) is 0 Å². The Morgan fingerprint density at radius 3 is 2.76 bits per heavy atom. The minimum atomic E-state index is -0.315. The molecular weight excluding hydrogens is 328 g/mol. The van der Waals surface area contributed by atoms with Crippen LogP contribution in [0, 0.1) is 0 Å². The first-order valence-electron chi connectivity index (χ1n) is 4.41. The summed E-state index contributed by atoms with van der Waals surface area (Å²) in [6, 6.07) is 4.92. The third kappa shape index (κ3) is 3.15. The topological polar surface area (TPSA) is 80.9 Å². The Bertz CT molecular complexity index is 554. The third-order valence-electron chi connectivity index (χ3n) is 1.79. The summed E-state index contributed by atoms with van der Waals surface area (Å²) in [5, 5.41) is 11.0. The Morgan fingerprint density at radius 2 is 2.18 bits per heavy atom. The summed E-state index contributed by atoms with van der Waals surface area (Å²) >= 11 is 10.2. The molecule has 2 aromatic rings. The second kappa shape index (κ2) is 4.99. The summed E-state index contributed by atoms with van der Waals surface area (Å²) in [4.78, 5) is 11.8. The SMILES string of the molecule is Nc1nnc(NC(=O)c2cc(Cl)cc(Br)c2)s1. The van der Waals surface area contributed by atoms with Crippen LogP contribution in [0.15, 0.2) is 22.7 Å². The number of anilines is 2. The number of carbonyl (C=O) groups is 1. The van der Waals surface area contributed by atoms with Crippen molar-refractivity contribution in [3.8, 4) is 0 Å². The van der Waals surface area contributed by atoms with Gasteiger partial charge in [-0.2, -0.15) is 0 Å². The average molecular weight is 334 g/mol. The monoisotopic (exact) mass is 332 g/mol. The Labute approximate surface area is 114 Å². The number of benzene rings is 1. The third-order valence-corrected chi connectivity index (χ3v) is 3.13. The second-order valence-corrected chi connectivity index (χ2v) is 5.42. The maximum absolute atomic E-state index is 11.8. The van der Waals surface area contributed by atoms with Crippen molar-refractivity contribution in [2.24, 2.45) is 0 Å². The van der Waals surface area contributed by atoms with E-state index in [2.05, 4.69) is 31.4 Å². The number of hydrogen-bond donors (Lipinski definition) is 2. The van der Waals surface area contributed by atoms with Gasteiger partial charge in [-0.3, -0.25) is 10.1 Å². The lowest BCUT2D eigenvalue weighted by Crippen LogP contribution is -2.11. The normalized spacial score (nSPS) is 10.2. The van der Waals surface area contributed by atoms with Gasteiger partial charge < -0.3 is 5.73 Å². The van der Waals surface area contributed by atoms with Gasteiger partial charge >= 0.3 is 0 Å². The Kier molecular flexibility index (Phi) is 3.60. The number of halogens is 2. The highest BCUT2D eigenvalue weighted by atomic mass is 79.9. The molecule has 0 radical (unpaired) electrons. The van der Waals surface area contributed by atoms with Crippen molar-refractivity contribution in [3.63, 3.8) is 0 Å². The van der Waals surface area contributed by atoms with Crippen LogP contribution in [0.25, 0.3) is 0 Å². The van der Waals surface area contributed by atoms with E-state index in [0.717, 1.165) is 15.8 Å². The van der Waals surface area contributed by atoms with Crippen LogP contribution in [0.5, 0.6) is 0 Å². The van der Waals surface area contributed by atoms with E-state index in [1.807, 2.05) is 0 Å². The maximum Gasteiger partial charge on any atom is 0.257 e. The summed E-state index contributed by atoms with van der Waals surface area (Å²) in [6.07, 6.45) is 0. The molecule has 0 spiro atoms. The summed E-state index contributed by atoms with van der Waals surface area (Å²) in [5.74, 6) is -0.315. The number of rotatable bonds is 2. The molecule has 1 amide bonds. The van der Waals surface area contributed by atoms with Crippen molar-refractivity contribution >= 4 is 55.0 Å². The van der Waals surface area contributed by atoms with Gasteiger partial charge in [-0.1, -0.05) is 38.9 Å². The van der Waals surface area contributed by atoms with Gasteiger partial charge in [0.25, 0.3) is 5.91 Å². The van der Waals surface area contributed by atoms with Gasteiger partial charge in [-0.15, -0.1) is 10.2 Å². The van der Waals surface area contributed by atoms with Crippen LogP contribution in [-0.4, -0.2) is 16.1 Å². The number of hydrogen-bond acceptors (Lipinski definition) is 5. The van der Waals surface area contributed by atoms with Crippen LogP contribution >= 0.6 is 38.9 Å². The van der Waals surface area contributed by atoms with Crippen LogP contribution in [0.4, 0.5) is 10.3 Å². The standard InChI is InChI=1S/C9H6BrClN4OS/c10-5-1-4(2-6(11)3-5)7(16)13-9-15-14-8(12)17-9/h1-3H,(H2,12,14)(H,13,15,16). The zero-order valence-corrected chi connectivity index (χ0v) is 11.4. The molecule has 1 aromatic heterocycles. The molecule has 0 bridgehead atoms. The Morgan fingerprint density at radius 1 is 1.41 bits per heavy atom. The highest BCUT2D eigenvalue weighted by Crippen LogP contribution is 2.21. The molecule has 0 aliphatic heterocycles. The van der Waals surface area contributed by atoms with E-state index >= 15 is 0 Å². The van der Waals surface area contributed by atoms with E-state index in [9.17, 15) is 4.79 Å². The van der Waals surface area contributed by atoms with E-state index in [1.54, 1.807) is 18.2 Å². The molecule has 8 heteroatoms. The number of aromatic nitrogens is 2. The zero-order chi connectivity index (χ0) is 12.4.